The Bertz CT molecular complexity index is 1100. The number of pyridine rings is 1. The molecule has 3 heterocycles. The number of rotatable bonds is 9. The largest absolute Gasteiger partial charge is 0.377 e. The number of carbonyl (C=O) groups is 1. The normalized spacial score (nSPS) is 14.5. The molecular weight excluding hydrogens is 440 g/mol. The molecule has 1 aliphatic rings. The van der Waals surface area contributed by atoms with Crippen molar-refractivity contribution in [2.75, 3.05) is 19.7 Å². The van der Waals surface area contributed by atoms with E-state index in [1.165, 1.54) is 17.8 Å². The summed E-state index contributed by atoms with van der Waals surface area (Å²) in [4.78, 5) is 33.6. The average Bonchev–Trinajstić information content (AvgIpc) is 3.31. The number of amides is 1. The number of aromatic amines is 1. The monoisotopic (exact) mass is 468 g/mol. The van der Waals surface area contributed by atoms with Gasteiger partial charge in [-0.1, -0.05) is 41.9 Å². The van der Waals surface area contributed by atoms with Crippen LogP contribution in [-0.2, 0) is 17.9 Å². The van der Waals surface area contributed by atoms with Crippen molar-refractivity contribution in [2.45, 2.75) is 44.8 Å². The molecule has 0 saturated carbocycles. The van der Waals surface area contributed by atoms with Crippen LogP contribution in [0.15, 0.2) is 59.8 Å². The lowest BCUT2D eigenvalue weighted by atomic mass is 9.95. The van der Waals surface area contributed by atoms with E-state index in [2.05, 4.69) is 26.7 Å². The van der Waals surface area contributed by atoms with E-state index >= 15 is 0 Å². The molecular formula is C25H29ClN4O3. The number of carbonyl (C=O) groups excluding carboxylic acids is 1. The van der Waals surface area contributed by atoms with Gasteiger partial charge < -0.3 is 19.2 Å². The summed E-state index contributed by atoms with van der Waals surface area (Å²) in [7, 11) is 0. The average molecular weight is 469 g/mol. The number of aromatic nitrogens is 3. The van der Waals surface area contributed by atoms with Crippen LogP contribution in [0.1, 0.15) is 53.3 Å². The van der Waals surface area contributed by atoms with E-state index in [-0.39, 0.29) is 11.5 Å². The minimum Gasteiger partial charge on any atom is -0.377 e. The number of ether oxygens (including phenoxy) is 1. The summed E-state index contributed by atoms with van der Waals surface area (Å²) >= 11 is 5.95. The van der Waals surface area contributed by atoms with Gasteiger partial charge in [-0.3, -0.25) is 9.59 Å². The molecule has 0 spiro atoms. The van der Waals surface area contributed by atoms with Crippen LogP contribution in [0.25, 0.3) is 0 Å². The lowest BCUT2D eigenvalue weighted by Gasteiger charge is -2.32. The van der Waals surface area contributed by atoms with E-state index in [0.717, 1.165) is 44.7 Å². The Hall–Kier alpha value is -2.90. The maximum atomic E-state index is 12.8. The van der Waals surface area contributed by atoms with E-state index in [0.29, 0.717) is 30.6 Å². The SMILES string of the molecule is O=C(c1cc(Cl)c[nH]c1=O)N1CCC(c2nccn2CCCCOCc2ccccc2)CC1. The molecule has 0 bridgehead atoms. The molecule has 0 radical (unpaired) electrons. The highest BCUT2D eigenvalue weighted by Gasteiger charge is 2.28. The second kappa shape index (κ2) is 11.3. The molecule has 1 aromatic carbocycles. The Morgan fingerprint density at radius 1 is 1.18 bits per heavy atom. The highest BCUT2D eigenvalue weighted by atomic mass is 35.5. The van der Waals surface area contributed by atoms with Gasteiger partial charge in [0.1, 0.15) is 11.4 Å². The lowest BCUT2D eigenvalue weighted by Crippen LogP contribution is -2.40. The van der Waals surface area contributed by atoms with Crippen molar-refractivity contribution in [3.8, 4) is 0 Å². The number of nitrogens with one attached hydrogen (secondary N) is 1. The molecule has 0 atom stereocenters. The zero-order chi connectivity index (χ0) is 23.0. The van der Waals surface area contributed by atoms with Crippen molar-refractivity contribution in [3.05, 3.63) is 87.3 Å². The van der Waals surface area contributed by atoms with Gasteiger partial charge in [0, 0.05) is 50.7 Å². The number of nitrogens with zero attached hydrogens (tertiary/aromatic N) is 3. The fourth-order valence-corrected chi connectivity index (χ4v) is 4.41. The van der Waals surface area contributed by atoms with E-state index in [1.54, 1.807) is 4.90 Å². The summed E-state index contributed by atoms with van der Waals surface area (Å²) in [6, 6.07) is 11.6. The zero-order valence-corrected chi connectivity index (χ0v) is 19.3. The van der Waals surface area contributed by atoms with Crippen molar-refractivity contribution in [3.63, 3.8) is 0 Å². The molecule has 7 nitrogen and oxygen atoms in total. The quantitative estimate of drug-likeness (QED) is 0.476. The maximum Gasteiger partial charge on any atom is 0.260 e. The molecule has 1 amide bonds. The molecule has 1 aliphatic heterocycles. The Morgan fingerprint density at radius 3 is 2.76 bits per heavy atom. The first-order chi connectivity index (χ1) is 16.1. The van der Waals surface area contributed by atoms with Crippen LogP contribution in [0.4, 0.5) is 0 Å². The second-order valence-corrected chi connectivity index (χ2v) is 8.79. The molecule has 1 N–H and O–H groups in total. The van der Waals surface area contributed by atoms with Gasteiger partial charge in [0.2, 0.25) is 0 Å². The fourth-order valence-electron chi connectivity index (χ4n) is 4.25. The summed E-state index contributed by atoms with van der Waals surface area (Å²) < 4.78 is 8.00. The number of imidazole rings is 1. The van der Waals surface area contributed by atoms with Crippen molar-refractivity contribution in [1.82, 2.24) is 19.4 Å². The van der Waals surface area contributed by atoms with Gasteiger partial charge in [-0.05, 0) is 37.3 Å². The van der Waals surface area contributed by atoms with Gasteiger partial charge in [-0.25, -0.2) is 4.98 Å². The van der Waals surface area contributed by atoms with Crippen LogP contribution in [0.3, 0.4) is 0 Å². The molecule has 0 aliphatic carbocycles. The number of hydrogen-bond acceptors (Lipinski definition) is 4. The van der Waals surface area contributed by atoms with Gasteiger partial charge >= 0.3 is 0 Å². The number of H-pyrrole nitrogens is 1. The first-order valence-corrected chi connectivity index (χ1v) is 11.8. The predicted molar refractivity (Wildman–Crippen MR) is 128 cm³/mol. The van der Waals surface area contributed by atoms with Gasteiger partial charge in [0.15, 0.2) is 0 Å². The third-order valence-corrected chi connectivity index (χ3v) is 6.26. The molecule has 174 valence electrons. The summed E-state index contributed by atoms with van der Waals surface area (Å²) in [6.45, 7) is 3.48. The van der Waals surface area contributed by atoms with Crippen molar-refractivity contribution < 1.29 is 9.53 Å². The molecule has 4 rings (SSSR count). The van der Waals surface area contributed by atoms with E-state index in [4.69, 9.17) is 16.3 Å². The number of piperidine rings is 1. The number of benzene rings is 1. The number of unbranched alkanes of at least 4 members (excludes halogenated alkanes) is 1. The Balaban J connectivity index is 1.23. The Kier molecular flexibility index (Phi) is 7.96. The predicted octanol–water partition coefficient (Wildman–Crippen LogP) is 4.24. The van der Waals surface area contributed by atoms with Crippen LogP contribution in [-0.4, -0.2) is 45.0 Å². The van der Waals surface area contributed by atoms with E-state index < -0.39 is 5.56 Å². The molecule has 1 fully saturated rings. The van der Waals surface area contributed by atoms with Crippen LogP contribution >= 0.6 is 11.6 Å². The third kappa shape index (κ3) is 6.12. The third-order valence-electron chi connectivity index (χ3n) is 6.04. The molecule has 33 heavy (non-hydrogen) atoms. The molecule has 8 heteroatoms. The summed E-state index contributed by atoms with van der Waals surface area (Å²) in [5.41, 5.74) is 0.880. The van der Waals surface area contributed by atoms with Gasteiger partial charge in [-0.15, -0.1) is 0 Å². The van der Waals surface area contributed by atoms with Crippen LogP contribution < -0.4 is 5.56 Å². The van der Waals surface area contributed by atoms with Crippen LogP contribution in [0, 0.1) is 0 Å². The smallest absolute Gasteiger partial charge is 0.260 e. The number of aryl methyl sites for hydroxylation is 1. The van der Waals surface area contributed by atoms with E-state index in [9.17, 15) is 9.59 Å². The standard InChI is InChI=1S/C25H29ClN4O3/c26-21-16-22(24(31)28-17-21)25(32)30-12-8-20(9-13-30)23-27-10-14-29(23)11-4-5-15-33-18-19-6-2-1-3-7-19/h1-3,6-7,10,14,16-17,20H,4-5,8-9,11-13,15,18H2,(H,28,31). The van der Waals surface area contributed by atoms with Gasteiger partial charge in [0.25, 0.3) is 11.5 Å². The summed E-state index contributed by atoms with van der Waals surface area (Å²) in [5, 5.41) is 0.348. The molecule has 2 aromatic heterocycles. The highest BCUT2D eigenvalue weighted by Crippen LogP contribution is 2.28. The number of hydrogen-bond donors (Lipinski definition) is 1. The summed E-state index contributed by atoms with van der Waals surface area (Å²) in [6.07, 6.45) is 8.93. The Labute approximate surface area is 198 Å². The van der Waals surface area contributed by atoms with Crippen LogP contribution in [0.5, 0.6) is 0 Å². The van der Waals surface area contributed by atoms with Gasteiger partial charge in [-0.2, -0.15) is 0 Å². The zero-order valence-electron chi connectivity index (χ0n) is 18.6. The summed E-state index contributed by atoms with van der Waals surface area (Å²) in [5.74, 6) is 1.11. The van der Waals surface area contributed by atoms with Crippen LogP contribution in [0.2, 0.25) is 5.02 Å². The van der Waals surface area contributed by atoms with Crippen molar-refractivity contribution in [2.24, 2.45) is 0 Å². The van der Waals surface area contributed by atoms with Crippen molar-refractivity contribution in [1.29, 1.82) is 0 Å². The topological polar surface area (TPSA) is 80.2 Å². The molecule has 1 saturated heterocycles. The minimum atomic E-state index is -0.408. The minimum absolute atomic E-state index is 0.0944. The molecule has 0 unspecified atom stereocenters. The van der Waals surface area contributed by atoms with E-state index in [1.807, 2.05) is 30.6 Å². The Morgan fingerprint density at radius 2 is 1.97 bits per heavy atom. The molecule has 3 aromatic rings. The first-order valence-electron chi connectivity index (χ1n) is 11.4. The highest BCUT2D eigenvalue weighted by molar-refractivity contribution is 6.30. The van der Waals surface area contributed by atoms with Gasteiger partial charge in [0.05, 0.1) is 11.6 Å². The number of halogens is 1. The van der Waals surface area contributed by atoms with Crippen molar-refractivity contribution >= 4 is 17.5 Å². The lowest BCUT2D eigenvalue weighted by molar-refractivity contribution is 0.0708. The fraction of sp³-hybridized carbons (Fsp3) is 0.400. The first kappa shape index (κ1) is 23.3. The number of likely N-dealkylation sites (tertiary alicyclic amines) is 1. The second-order valence-electron chi connectivity index (χ2n) is 8.35. The maximum absolute atomic E-state index is 12.8.